The van der Waals surface area contributed by atoms with E-state index in [0.29, 0.717) is 27.7 Å². The first-order valence-corrected chi connectivity index (χ1v) is 10.7. The van der Waals surface area contributed by atoms with E-state index in [1.807, 2.05) is 66.9 Å². The molecule has 1 unspecified atom stereocenters. The molecule has 4 aromatic rings. The van der Waals surface area contributed by atoms with Gasteiger partial charge in [0, 0.05) is 17.7 Å². The second kappa shape index (κ2) is 8.89. The van der Waals surface area contributed by atoms with Crippen molar-refractivity contribution in [1.82, 2.24) is 24.9 Å². The third-order valence-corrected chi connectivity index (χ3v) is 5.87. The van der Waals surface area contributed by atoms with Gasteiger partial charge in [0.2, 0.25) is 5.89 Å². The van der Waals surface area contributed by atoms with Crippen molar-refractivity contribution >= 4 is 23.4 Å². The zero-order valence-corrected chi connectivity index (χ0v) is 18.3. The fourth-order valence-electron chi connectivity index (χ4n) is 2.91. The number of hydrogen-bond acceptors (Lipinski definition) is 7. The highest BCUT2D eigenvalue weighted by Crippen LogP contribution is 2.37. The Morgan fingerprint density at radius 1 is 1.13 bits per heavy atom. The summed E-state index contributed by atoms with van der Waals surface area (Å²) in [6.45, 7) is 3.99. The Kier molecular flexibility index (Phi) is 6.06. The summed E-state index contributed by atoms with van der Waals surface area (Å²) in [5, 5.41) is 14.1. The first-order chi connectivity index (χ1) is 14.6. The van der Waals surface area contributed by atoms with Crippen molar-refractivity contribution in [3.05, 3.63) is 65.3 Å². The number of hydrogen-bond donors (Lipinski definition) is 0. The van der Waals surface area contributed by atoms with Gasteiger partial charge in [-0.2, -0.15) is 4.98 Å². The van der Waals surface area contributed by atoms with Crippen LogP contribution in [0, 0.1) is 0 Å². The van der Waals surface area contributed by atoms with Gasteiger partial charge < -0.3 is 9.26 Å². The van der Waals surface area contributed by atoms with E-state index in [-0.39, 0.29) is 5.25 Å². The van der Waals surface area contributed by atoms with Gasteiger partial charge >= 0.3 is 0 Å². The summed E-state index contributed by atoms with van der Waals surface area (Å²) in [6, 6.07) is 15.3. The molecule has 0 saturated carbocycles. The fraction of sp³-hybridized carbons (Fsp3) is 0.238. The largest absolute Gasteiger partial charge is 0.497 e. The minimum absolute atomic E-state index is 0.0990. The Bertz CT molecular complexity index is 1140. The van der Waals surface area contributed by atoms with Crippen LogP contribution in [0.2, 0.25) is 5.02 Å². The molecule has 0 aliphatic heterocycles. The van der Waals surface area contributed by atoms with Crippen molar-refractivity contribution < 1.29 is 9.26 Å². The number of halogens is 1. The number of aryl methyl sites for hydroxylation is 1. The molecule has 4 rings (SSSR count). The second-order valence-electron chi connectivity index (χ2n) is 6.48. The van der Waals surface area contributed by atoms with Crippen molar-refractivity contribution in [2.75, 3.05) is 7.11 Å². The highest BCUT2D eigenvalue weighted by molar-refractivity contribution is 7.99. The van der Waals surface area contributed by atoms with Gasteiger partial charge in [0.15, 0.2) is 16.8 Å². The molecule has 154 valence electrons. The predicted octanol–water partition coefficient (Wildman–Crippen LogP) is 5.40. The summed E-state index contributed by atoms with van der Waals surface area (Å²) < 4.78 is 12.7. The lowest BCUT2D eigenvalue weighted by Crippen LogP contribution is -2.01. The molecule has 0 bridgehead atoms. The average Bonchev–Trinajstić information content (AvgIpc) is 3.41. The number of benzene rings is 2. The Balaban J connectivity index is 1.77. The molecule has 2 aromatic carbocycles. The standard InChI is InChI=1S/C21H20ClN5O2S/c1-4-18-23-20(29-26-18)13(2)30-21-25-24-19(16-7-5-6-8-17(16)22)27(21)14-9-11-15(28-3)12-10-14/h5-13H,4H2,1-3H3. The van der Waals surface area contributed by atoms with Crippen LogP contribution in [-0.2, 0) is 6.42 Å². The SMILES string of the molecule is CCc1noc(C(C)Sc2nnc(-c3ccccc3Cl)n2-c2ccc(OC)cc2)n1. The van der Waals surface area contributed by atoms with Crippen LogP contribution in [0.4, 0.5) is 0 Å². The maximum atomic E-state index is 6.45. The van der Waals surface area contributed by atoms with E-state index in [9.17, 15) is 0 Å². The zero-order valence-electron chi connectivity index (χ0n) is 16.7. The highest BCUT2D eigenvalue weighted by Gasteiger charge is 2.23. The summed E-state index contributed by atoms with van der Waals surface area (Å²) in [5.74, 6) is 2.66. The van der Waals surface area contributed by atoms with E-state index < -0.39 is 0 Å². The number of aromatic nitrogens is 5. The molecule has 0 amide bonds. The van der Waals surface area contributed by atoms with E-state index in [4.69, 9.17) is 20.9 Å². The molecule has 0 saturated heterocycles. The van der Waals surface area contributed by atoms with E-state index in [1.165, 1.54) is 11.8 Å². The number of rotatable bonds is 7. The molecule has 2 aromatic heterocycles. The Morgan fingerprint density at radius 2 is 1.90 bits per heavy atom. The lowest BCUT2D eigenvalue weighted by Gasteiger charge is -2.13. The van der Waals surface area contributed by atoms with Crippen LogP contribution in [0.3, 0.4) is 0 Å². The number of ether oxygens (including phenoxy) is 1. The molecular formula is C21H20ClN5O2S. The van der Waals surface area contributed by atoms with Crippen molar-refractivity contribution in [3.63, 3.8) is 0 Å². The predicted molar refractivity (Wildman–Crippen MR) is 116 cm³/mol. The van der Waals surface area contributed by atoms with Crippen LogP contribution < -0.4 is 4.74 Å². The van der Waals surface area contributed by atoms with Crippen molar-refractivity contribution in [1.29, 1.82) is 0 Å². The fourth-order valence-corrected chi connectivity index (χ4v) is 4.03. The topological polar surface area (TPSA) is 78.9 Å². The lowest BCUT2D eigenvalue weighted by atomic mass is 10.2. The average molecular weight is 442 g/mol. The van der Waals surface area contributed by atoms with E-state index >= 15 is 0 Å². The van der Waals surface area contributed by atoms with Crippen LogP contribution in [0.25, 0.3) is 17.1 Å². The molecule has 9 heteroatoms. The number of methoxy groups -OCH3 is 1. The van der Waals surface area contributed by atoms with Crippen LogP contribution in [0.15, 0.2) is 58.2 Å². The second-order valence-corrected chi connectivity index (χ2v) is 8.20. The van der Waals surface area contributed by atoms with Crippen molar-refractivity contribution in [2.45, 2.75) is 30.7 Å². The molecule has 0 aliphatic rings. The van der Waals surface area contributed by atoms with Gasteiger partial charge in [-0.05, 0) is 43.3 Å². The van der Waals surface area contributed by atoms with Crippen LogP contribution in [0.5, 0.6) is 5.75 Å². The summed E-state index contributed by atoms with van der Waals surface area (Å²) in [4.78, 5) is 4.44. The Hall–Kier alpha value is -2.84. The molecule has 0 radical (unpaired) electrons. The van der Waals surface area contributed by atoms with Gasteiger partial charge in [-0.15, -0.1) is 10.2 Å². The summed E-state index contributed by atoms with van der Waals surface area (Å²) in [7, 11) is 1.64. The molecule has 0 spiro atoms. The van der Waals surface area contributed by atoms with Gasteiger partial charge in [0.05, 0.1) is 17.4 Å². The molecule has 0 aliphatic carbocycles. The van der Waals surface area contributed by atoms with Gasteiger partial charge in [0.25, 0.3) is 0 Å². The summed E-state index contributed by atoms with van der Waals surface area (Å²) >= 11 is 7.95. The van der Waals surface area contributed by atoms with Crippen LogP contribution >= 0.6 is 23.4 Å². The lowest BCUT2D eigenvalue weighted by molar-refractivity contribution is 0.375. The van der Waals surface area contributed by atoms with Gasteiger partial charge in [-0.1, -0.05) is 47.6 Å². The minimum Gasteiger partial charge on any atom is -0.497 e. The van der Waals surface area contributed by atoms with E-state index in [1.54, 1.807) is 7.11 Å². The molecule has 30 heavy (non-hydrogen) atoms. The highest BCUT2D eigenvalue weighted by atomic mass is 35.5. The van der Waals surface area contributed by atoms with E-state index in [2.05, 4.69) is 20.3 Å². The quantitative estimate of drug-likeness (QED) is 0.355. The normalized spacial score (nSPS) is 12.1. The first-order valence-electron chi connectivity index (χ1n) is 9.44. The molecule has 7 nitrogen and oxygen atoms in total. The van der Waals surface area contributed by atoms with Crippen molar-refractivity contribution in [2.24, 2.45) is 0 Å². The Morgan fingerprint density at radius 3 is 2.57 bits per heavy atom. The van der Waals surface area contributed by atoms with Crippen LogP contribution in [0.1, 0.15) is 30.8 Å². The summed E-state index contributed by atoms with van der Waals surface area (Å²) in [6.07, 6.45) is 0.722. The summed E-state index contributed by atoms with van der Waals surface area (Å²) in [5.41, 5.74) is 1.69. The zero-order chi connectivity index (χ0) is 21.1. The number of nitrogens with zero attached hydrogens (tertiary/aromatic N) is 5. The molecule has 0 N–H and O–H groups in total. The molecule has 1 atom stereocenters. The molecule has 0 fully saturated rings. The number of thioether (sulfide) groups is 1. The van der Waals surface area contributed by atoms with Gasteiger partial charge in [-0.3, -0.25) is 4.57 Å². The smallest absolute Gasteiger partial charge is 0.239 e. The van der Waals surface area contributed by atoms with Crippen molar-refractivity contribution in [3.8, 4) is 22.8 Å². The minimum atomic E-state index is -0.0990. The third-order valence-electron chi connectivity index (χ3n) is 4.51. The van der Waals surface area contributed by atoms with Gasteiger partial charge in [0.1, 0.15) is 5.75 Å². The van der Waals surface area contributed by atoms with Gasteiger partial charge in [-0.25, -0.2) is 0 Å². The monoisotopic (exact) mass is 441 g/mol. The third kappa shape index (κ3) is 4.06. The molecule has 2 heterocycles. The first kappa shape index (κ1) is 20.4. The Labute approximate surface area is 183 Å². The van der Waals surface area contributed by atoms with Crippen LogP contribution in [-0.4, -0.2) is 32.0 Å². The maximum Gasteiger partial charge on any atom is 0.239 e. The molecular weight excluding hydrogens is 422 g/mol. The van der Waals surface area contributed by atoms with E-state index in [0.717, 1.165) is 23.4 Å². The maximum absolute atomic E-state index is 6.45.